The molecule has 4 rings (SSSR count). The largest absolute Gasteiger partial charge is 0.464 e. The highest BCUT2D eigenvalue weighted by Gasteiger charge is 2.52. The number of nitrogens with zero attached hydrogens (tertiary/aromatic N) is 1. The summed E-state index contributed by atoms with van der Waals surface area (Å²) in [7, 11) is 1.65. The average Bonchev–Trinajstić information content (AvgIpc) is 2.84. The van der Waals surface area contributed by atoms with Gasteiger partial charge >= 0.3 is 0 Å². The quantitative estimate of drug-likeness (QED) is 0.780. The van der Waals surface area contributed by atoms with Gasteiger partial charge in [-0.05, 0) is 30.7 Å². The van der Waals surface area contributed by atoms with E-state index < -0.39 is 12.0 Å². The van der Waals surface area contributed by atoms with Crippen LogP contribution in [0.1, 0.15) is 16.7 Å². The molecule has 1 atom stereocenters. The Hall–Kier alpha value is -2.92. The van der Waals surface area contributed by atoms with Gasteiger partial charge < -0.3 is 14.4 Å². The Morgan fingerprint density at radius 2 is 1.88 bits per heavy atom. The molecule has 0 saturated heterocycles. The number of aliphatic hydroxyl groups excluding tert-OH is 1. The number of likely N-dealkylation sites (N-methyl/N-ethyl adjacent to an activating group) is 1. The van der Waals surface area contributed by atoms with Gasteiger partial charge in [-0.3, -0.25) is 9.59 Å². The summed E-state index contributed by atoms with van der Waals surface area (Å²) in [6.45, 7) is 1.41. The monoisotopic (exact) mass is 335 g/mol. The van der Waals surface area contributed by atoms with Crippen LogP contribution in [-0.4, -0.2) is 24.7 Å². The minimum absolute atomic E-state index is 0.162. The van der Waals surface area contributed by atoms with Crippen molar-refractivity contribution in [3.63, 3.8) is 0 Å². The summed E-state index contributed by atoms with van der Waals surface area (Å²) in [5.41, 5.74) is 1.14. The fourth-order valence-corrected chi connectivity index (χ4v) is 3.67. The van der Waals surface area contributed by atoms with E-state index in [2.05, 4.69) is 0 Å². The number of carbonyl (C=O) groups is 1. The molecule has 126 valence electrons. The van der Waals surface area contributed by atoms with Gasteiger partial charge in [0.15, 0.2) is 5.43 Å². The lowest BCUT2D eigenvalue weighted by atomic mass is 9.76. The third-order valence-electron chi connectivity index (χ3n) is 5.02. The second kappa shape index (κ2) is 5.29. The van der Waals surface area contributed by atoms with E-state index in [1.165, 1.54) is 11.2 Å². The SMILES string of the molecule is Cc1ccc2c(c1)[C@](CO)(c1coc3ccccc3c1=O)C(=O)N2C. The van der Waals surface area contributed by atoms with E-state index >= 15 is 0 Å². The van der Waals surface area contributed by atoms with Crippen molar-refractivity contribution < 1.29 is 14.3 Å². The van der Waals surface area contributed by atoms with Crippen LogP contribution in [0.2, 0.25) is 0 Å². The maximum atomic E-state index is 13.1. The lowest BCUT2D eigenvalue weighted by Gasteiger charge is -2.25. The average molecular weight is 335 g/mol. The van der Waals surface area contributed by atoms with E-state index in [4.69, 9.17) is 4.42 Å². The highest BCUT2D eigenvalue weighted by molar-refractivity contribution is 6.10. The van der Waals surface area contributed by atoms with E-state index in [1.54, 1.807) is 31.3 Å². The van der Waals surface area contributed by atoms with E-state index in [1.807, 2.05) is 25.1 Å². The topological polar surface area (TPSA) is 70.8 Å². The molecule has 2 heterocycles. The smallest absolute Gasteiger partial charge is 0.244 e. The molecule has 0 fully saturated rings. The molecule has 1 aromatic heterocycles. The van der Waals surface area contributed by atoms with Gasteiger partial charge in [-0.25, -0.2) is 0 Å². The number of hydrogen-bond donors (Lipinski definition) is 1. The van der Waals surface area contributed by atoms with Crippen molar-refractivity contribution in [2.45, 2.75) is 12.3 Å². The highest BCUT2D eigenvalue weighted by atomic mass is 16.3. The third kappa shape index (κ3) is 1.93. The number of benzene rings is 2. The zero-order chi connectivity index (χ0) is 17.8. The van der Waals surface area contributed by atoms with Crippen molar-refractivity contribution in [1.29, 1.82) is 0 Å². The molecule has 2 aromatic carbocycles. The van der Waals surface area contributed by atoms with Crippen LogP contribution in [0.4, 0.5) is 5.69 Å². The van der Waals surface area contributed by atoms with Crippen LogP contribution in [0.25, 0.3) is 11.0 Å². The molecule has 3 aromatic rings. The summed E-state index contributed by atoms with van der Waals surface area (Å²) in [4.78, 5) is 27.7. The Bertz CT molecular complexity index is 1070. The first-order valence-electron chi connectivity index (χ1n) is 8.02. The Morgan fingerprint density at radius 1 is 1.12 bits per heavy atom. The van der Waals surface area contributed by atoms with Crippen LogP contribution >= 0.6 is 0 Å². The normalized spacial score (nSPS) is 19.5. The van der Waals surface area contributed by atoms with Crippen molar-refractivity contribution in [2.24, 2.45) is 0 Å². The van der Waals surface area contributed by atoms with E-state index in [-0.39, 0.29) is 16.9 Å². The van der Waals surface area contributed by atoms with Gasteiger partial charge in [0.2, 0.25) is 5.91 Å². The molecule has 1 amide bonds. The molecule has 1 aliphatic rings. The molecule has 0 saturated carbocycles. The van der Waals surface area contributed by atoms with Crippen LogP contribution in [0.5, 0.6) is 0 Å². The number of fused-ring (bicyclic) bond motifs is 2. The van der Waals surface area contributed by atoms with Crippen LogP contribution in [-0.2, 0) is 10.2 Å². The van der Waals surface area contributed by atoms with E-state index in [9.17, 15) is 14.7 Å². The van der Waals surface area contributed by atoms with Gasteiger partial charge in [0.05, 0.1) is 23.8 Å². The number of hydrogen-bond acceptors (Lipinski definition) is 4. The first-order valence-corrected chi connectivity index (χ1v) is 8.02. The Morgan fingerprint density at radius 3 is 2.64 bits per heavy atom. The predicted octanol–water partition coefficient (Wildman–Crippen LogP) is 2.36. The summed E-state index contributed by atoms with van der Waals surface area (Å²) in [5.74, 6) is -0.335. The van der Waals surface area contributed by atoms with Gasteiger partial charge in [0.25, 0.3) is 0 Å². The number of aliphatic hydroxyl groups is 1. The molecule has 0 spiro atoms. The predicted molar refractivity (Wildman–Crippen MR) is 94.9 cm³/mol. The van der Waals surface area contributed by atoms with Crippen LogP contribution < -0.4 is 10.3 Å². The number of amides is 1. The molecule has 5 heteroatoms. The lowest BCUT2D eigenvalue weighted by Crippen LogP contribution is -2.45. The minimum atomic E-state index is -1.44. The summed E-state index contributed by atoms with van der Waals surface area (Å²) >= 11 is 0. The van der Waals surface area contributed by atoms with Gasteiger partial charge in [-0.1, -0.05) is 29.8 Å². The lowest BCUT2D eigenvalue weighted by molar-refractivity contribution is -0.122. The Labute approximate surface area is 144 Å². The Kier molecular flexibility index (Phi) is 3.30. The Balaban J connectivity index is 2.10. The summed E-state index contributed by atoms with van der Waals surface area (Å²) in [6.07, 6.45) is 1.31. The van der Waals surface area contributed by atoms with Crippen molar-refractivity contribution in [3.05, 3.63) is 75.6 Å². The van der Waals surface area contributed by atoms with Gasteiger partial charge in [0, 0.05) is 12.7 Å². The second-order valence-corrected chi connectivity index (χ2v) is 6.42. The maximum absolute atomic E-state index is 13.1. The summed E-state index contributed by atoms with van der Waals surface area (Å²) in [6, 6.07) is 12.5. The molecular formula is C20H17NO4. The van der Waals surface area contributed by atoms with Crippen LogP contribution in [0, 0.1) is 6.92 Å². The molecule has 1 N–H and O–H groups in total. The zero-order valence-corrected chi connectivity index (χ0v) is 13.9. The van der Waals surface area contributed by atoms with Crippen molar-refractivity contribution >= 4 is 22.6 Å². The number of rotatable bonds is 2. The fourth-order valence-electron chi connectivity index (χ4n) is 3.67. The third-order valence-corrected chi connectivity index (χ3v) is 5.02. The van der Waals surface area contributed by atoms with Crippen LogP contribution in [0.15, 0.2) is 57.9 Å². The summed E-state index contributed by atoms with van der Waals surface area (Å²) in [5, 5.41) is 10.7. The number of aryl methyl sites for hydroxylation is 1. The molecule has 1 aliphatic heterocycles. The molecular weight excluding hydrogens is 318 g/mol. The van der Waals surface area contributed by atoms with E-state index in [0.29, 0.717) is 22.2 Å². The zero-order valence-electron chi connectivity index (χ0n) is 13.9. The first-order chi connectivity index (χ1) is 12.0. The molecule has 0 bridgehead atoms. The van der Waals surface area contributed by atoms with Gasteiger partial charge in [-0.2, -0.15) is 0 Å². The number of carbonyl (C=O) groups excluding carboxylic acids is 1. The molecule has 0 unspecified atom stereocenters. The van der Waals surface area contributed by atoms with Crippen molar-refractivity contribution in [1.82, 2.24) is 0 Å². The molecule has 5 nitrogen and oxygen atoms in total. The molecule has 0 aliphatic carbocycles. The molecule has 25 heavy (non-hydrogen) atoms. The standard InChI is InChI=1S/C20H17NO4/c1-12-7-8-16-14(9-12)20(11-22,19(24)21(16)2)15-10-25-17-6-4-3-5-13(17)18(15)23/h3-10,22H,11H2,1-2H3/t20-/m1/s1. The minimum Gasteiger partial charge on any atom is -0.464 e. The number of anilines is 1. The maximum Gasteiger partial charge on any atom is 0.244 e. The first kappa shape index (κ1) is 15.6. The second-order valence-electron chi connectivity index (χ2n) is 6.42. The fraction of sp³-hybridized carbons (Fsp3) is 0.200. The van der Waals surface area contributed by atoms with E-state index in [0.717, 1.165) is 5.56 Å². The number of para-hydroxylation sites is 1. The van der Waals surface area contributed by atoms with Crippen molar-refractivity contribution in [3.8, 4) is 0 Å². The summed E-state index contributed by atoms with van der Waals surface area (Å²) < 4.78 is 5.61. The van der Waals surface area contributed by atoms with Crippen LogP contribution in [0.3, 0.4) is 0 Å². The van der Waals surface area contributed by atoms with Gasteiger partial charge in [0.1, 0.15) is 11.0 Å². The molecule has 0 radical (unpaired) electrons. The van der Waals surface area contributed by atoms with Gasteiger partial charge in [-0.15, -0.1) is 0 Å². The van der Waals surface area contributed by atoms with Crippen molar-refractivity contribution in [2.75, 3.05) is 18.6 Å². The highest BCUT2D eigenvalue weighted by Crippen LogP contribution is 2.45.